The van der Waals surface area contributed by atoms with E-state index in [0.717, 1.165) is 0 Å². The number of hydrogen-bond donors (Lipinski definition) is 2. The molecule has 1 aliphatic heterocycles. The smallest absolute Gasteiger partial charge is 0.242 e. The average Bonchev–Trinajstić information content (AvgIpc) is 2.31. The minimum atomic E-state index is -0.398. The molecule has 0 saturated carbocycles. The molecule has 0 bridgehead atoms. The molecule has 1 saturated heterocycles. The van der Waals surface area contributed by atoms with Gasteiger partial charge < -0.3 is 15.3 Å². The summed E-state index contributed by atoms with van der Waals surface area (Å²) in [5.74, 6) is -0.462. The van der Waals surface area contributed by atoms with Gasteiger partial charge >= 0.3 is 0 Å². The van der Waals surface area contributed by atoms with Crippen LogP contribution in [-0.4, -0.2) is 30.1 Å². The maximum Gasteiger partial charge on any atom is 0.242 e. The van der Waals surface area contributed by atoms with Gasteiger partial charge in [-0.25, -0.2) is 4.39 Å². The Labute approximate surface area is 99.0 Å². The molecule has 0 spiro atoms. The van der Waals surface area contributed by atoms with Crippen LogP contribution < -0.4 is 10.2 Å². The van der Waals surface area contributed by atoms with Crippen molar-refractivity contribution in [3.8, 4) is 0 Å². The second-order valence-electron chi connectivity index (χ2n) is 4.14. The second kappa shape index (κ2) is 4.71. The maximum absolute atomic E-state index is 13.4. The van der Waals surface area contributed by atoms with Crippen LogP contribution in [0.5, 0.6) is 0 Å². The Bertz CT molecular complexity index is 437. The van der Waals surface area contributed by atoms with Crippen LogP contribution in [0.2, 0.25) is 0 Å². The van der Waals surface area contributed by atoms with E-state index in [4.69, 9.17) is 5.11 Å². The number of halogens is 1. The molecule has 1 aromatic carbocycles. The highest BCUT2D eigenvalue weighted by Crippen LogP contribution is 2.22. The van der Waals surface area contributed by atoms with Gasteiger partial charge in [0.05, 0.1) is 6.61 Å². The van der Waals surface area contributed by atoms with Gasteiger partial charge in [-0.15, -0.1) is 0 Å². The van der Waals surface area contributed by atoms with E-state index in [9.17, 15) is 9.18 Å². The third-order valence-electron chi connectivity index (χ3n) is 2.96. The SMILES string of the molecule is CC1C(=O)NCCN1c1cc(F)cc(CO)c1. The highest BCUT2D eigenvalue weighted by atomic mass is 19.1. The van der Waals surface area contributed by atoms with Crippen LogP contribution in [0.25, 0.3) is 0 Å². The number of carbonyl (C=O) groups excluding carboxylic acids is 1. The Morgan fingerprint density at radius 1 is 1.53 bits per heavy atom. The third-order valence-corrected chi connectivity index (χ3v) is 2.96. The van der Waals surface area contributed by atoms with Crippen LogP contribution >= 0.6 is 0 Å². The molecule has 1 fully saturated rings. The molecular weight excluding hydrogens is 223 g/mol. The second-order valence-corrected chi connectivity index (χ2v) is 4.14. The quantitative estimate of drug-likeness (QED) is 0.795. The summed E-state index contributed by atoms with van der Waals surface area (Å²) in [6.07, 6.45) is 0. The number of benzene rings is 1. The summed E-state index contributed by atoms with van der Waals surface area (Å²) < 4.78 is 13.4. The fourth-order valence-corrected chi connectivity index (χ4v) is 2.03. The molecule has 92 valence electrons. The molecule has 1 amide bonds. The van der Waals surface area contributed by atoms with E-state index in [0.29, 0.717) is 24.3 Å². The zero-order valence-corrected chi connectivity index (χ0v) is 9.61. The lowest BCUT2D eigenvalue weighted by Crippen LogP contribution is -2.54. The molecule has 0 radical (unpaired) electrons. The number of aliphatic hydroxyl groups is 1. The maximum atomic E-state index is 13.4. The normalized spacial score (nSPS) is 20.3. The molecule has 0 aliphatic carbocycles. The lowest BCUT2D eigenvalue weighted by Gasteiger charge is -2.34. The van der Waals surface area contributed by atoms with Gasteiger partial charge in [0.1, 0.15) is 11.9 Å². The van der Waals surface area contributed by atoms with Crippen molar-refractivity contribution >= 4 is 11.6 Å². The van der Waals surface area contributed by atoms with Crippen molar-refractivity contribution < 1.29 is 14.3 Å². The Morgan fingerprint density at radius 3 is 3.00 bits per heavy atom. The molecule has 1 heterocycles. The van der Waals surface area contributed by atoms with Crippen LogP contribution in [-0.2, 0) is 11.4 Å². The summed E-state index contributed by atoms with van der Waals surface area (Å²) in [5, 5.41) is 11.8. The molecule has 1 atom stereocenters. The Morgan fingerprint density at radius 2 is 2.29 bits per heavy atom. The average molecular weight is 238 g/mol. The number of rotatable bonds is 2. The lowest BCUT2D eigenvalue weighted by molar-refractivity contribution is -0.122. The van der Waals surface area contributed by atoms with Crippen molar-refractivity contribution in [2.24, 2.45) is 0 Å². The van der Waals surface area contributed by atoms with E-state index >= 15 is 0 Å². The lowest BCUT2D eigenvalue weighted by atomic mass is 10.1. The van der Waals surface area contributed by atoms with Crippen molar-refractivity contribution in [3.63, 3.8) is 0 Å². The fourth-order valence-electron chi connectivity index (χ4n) is 2.03. The van der Waals surface area contributed by atoms with Crippen molar-refractivity contribution in [3.05, 3.63) is 29.6 Å². The van der Waals surface area contributed by atoms with Crippen LogP contribution in [0.4, 0.5) is 10.1 Å². The molecule has 1 aliphatic rings. The molecule has 0 aromatic heterocycles. The van der Waals surface area contributed by atoms with Crippen LogP contribution in [0.1, 0.15) is 12.5 Å². The minimum absolute atomic E-state index is 0.0638. The fraction of sp³-hybridized carbons (Fsp3) is 0.417. The Kier molecular flexibility index (Phi) is 3.28. The predicted octanol–water partition coefficient (Wildman–Crippen LogP) is 0.643. The van der Waals surface area contributed by atoms with E-state index in [1.54, 1.807) is 13.0 Å². The summed E-state index contributed by atoms with van der Waals surface area (Å²) in [6, 6.07) is 4.06. The number of amides is 1. The molecule has 1 unspecified atom stereocenters. The minimum Gasteiger partial charge on any atom is -0.392 e. The van der Waals surface area contributed by atoms with Crippen molar-refractivity contribution in [2.45, 2.75) is 19.6 Å². The largest absolute Gasteiger partial charge is 0.392 e. The monoisotopic (exact) mass is 238 g/mol. The first kappa shape index (κ1) is 11.9. The van der Waals surface area contributed by atoms with Gasteiger partial charge in [0.25, 0.3) is 0 Å². The van der Waals surface area contributed by atoms with Crippen LogP contribution in [0.15, 0.2) is 18.2 Å². The van der Waals surface area contributed by atoms with Gasteiger partial charge in [0.15, 0.2) is 0 Å². The van der Waals surface area contributed by atoms with Crippen LogP contribution in [0.3, 0.4) is 0 Å². The first-order chi connectivity index (χ1) is 8.11. The molecule has 1 aromatic rings. The molecule has 4 nitrogen and oxygen atoms in total. The van der Waals surface area contributed by atoms with Gasteiger partial charge in [-0.1, -0.05) is 0 Å². The van der Waals surface area contributed by atoms with E-state index in [1.165, 1.54) is 12.1 Å². The van der Waals surface area contributed by atoms with Crippen LogP contribution in [0, 0.1) is 5.82 Å². The molecule has 2 rings (SSSR count). The first-order valence-electron chi connectivity index (χ1n) is 5.56. The number of hydrogen-bond acceptors (Lipinski definition) is 3. The number of nitrogens with zero attached hydrogens (tertiary/aromatic N) is 1. The van der Waals surface area contributed by atoms with E-state index in [1.807, 2.05) is 4.90 Å². The summed E-state index contributed by atoms with van der Waals surface area (Å²) in [6.45, 7) is 2.76. The van der Waals surface area contributed by atoms with E-state index in [2.05, 4.69) is 5.32 Å². The van der Waals surface area contributed by atoms with Gasteiger partial charge in [-0.3, -0.25) is 4.79 Å². The molecule has 17 heavy (non-hydrogen) atoms. The molecule has 2 N–H and O–H groups in total. The van der Waals surface area contributed by atoms with Crippen molar-refractivity contribution in [1.82, 2.24) is 5.32 Å². The summed E-state index contributed by atoms with van der Waals surface area (Å²) in [7, 11) is 0. The highest BCUT2D eigenvalue weighted by molar-refractivity contribution is 5.86. The zero-order valence-electron chi connectivity index (χ0n) is 9.61. The van der Waals surface area contributed by atoms with Gasteiger partial charge in [0.2, 0.25) is 5.91 Å². The highest BCUT2D eigenvalue weighted by Gasteiger charge is 2.25. The Hall–Kier alpha value is -1.62. The van der Waals surface area contributed by atoms with Gasteiger partial charge in [0, 0.05) is 18.8 Å². The van der Waals surface area contributed by atoms with Crippen molar-refractivity contribution in [1.29, 1.82) is 0 Å². The molecule has 5 heteroatoms. The van der Waals surface area contributed by atoms with Gasteiger partial charge in [-0.05, 0) is 30.7 Å². The number of anilines is 1. The standard InChI is InChI=1S/C12H15FN2O2/c1-8-12(17)14-2-3-15(8)11-5-9(7-16)4-10(13)6-11/h4-6,8,16H,2-3,7H2,1H3,(H,14,17). The van der Waals surface area contributed by atoms with Gasteiger partial charge in [-0.2, -0.15) is 0 Å². The van der Waals surface area contributed by atoms with Crippen molar-refractivity contribution in [2.75, 3.05) is 18.0 Å². The third kappa shape index (κ3) is 2.39. The number of nitrogens with one attached hydrogen (secondary N) is 1. The number of aliphatic hydroxyl groups excluding tert-OH is 1. The zero-order chi connectivity index (χ0) is 12.4. The number of carbonyl (C=O) groups is 1. The Balaban J connectivity index is 2.32. The topological polar surface area (TPSA) is 52.6 Å². The van der Waals surface area contributed by atoms with E-state index < -0.39 is 5.82 Å². The summed E-state index contributed by atoms with van der Waals surface area (Å²) in [4.78, 5) is 13.4. The summed E-state index contributed by atoms with van der Waals surface area (Å²) in [5.41, 5.74) is 1.15. The predicted molar refractivity (Wildman–Crippen MR) is 62.1 cm³/mol. The first-order valence-corrected chi connectivity index (χ1v) is 5.56. The number of piperazine rings is 1. The summed E-state index contributed by atoms with van der Waals surface area (Å²) >= 11 is 0. The van der Waals surface area contributed by atoms with E-state index in [-0.39, 0.29) is 18.6 Å². The molecular formula is C12H15FN2O2.